The molecule has 0 radical (unpaired) electrons. The number of ether oxygens (including phenoxy) is 1. The average molecular weight is 299 g/mol. The predicted octanol–water partition coefficient (Wildman–Crippen LogP) is 3.70. The maximum atomic E-state index is 6.18. The van der Waals surface area contributed by atoms with E-state index in [2.05, 4.69) is 43.1 Å². The number of hydrogen-bond donors (Lipinski definition) is 1. The summed E-state index contributed by atoms with van der Waals surface area (Å²) in [4.78, 5) is 2.42. The number of methoxy groups -OCH3 is 1. The van der Waals surface area contributed by atoms with Crippen LogP contribution in [0.3, 0.4) is 0 Å². The Morgan fingerprint density at radius 1 is 1.35 bits per heavy atom. The first-order valence-corrected chi connectivity index (χ1v) is 7.72. The molecule has 0 aliphatic carbocycles. The number of benzene rings is 1. The Kier molecular flexibility index (Phi) is 7.97. The van der Waals surface area contributed by atoms with Gasteiger partial charge in [0.15, 0.2) is 0 Å². The Morgan fingerprint density at radius 3 is 2.70 bits per heavy atom. The van der Waals surface area contributed by atoms with Crippen LogP contribution in [-0.4, -0.2) is 32.8 Å². The lowest BCUT2D eigenvalue weighted by Crippen LogP contribution is -2.33. The number of anilines is 1. The van der Waals surface area contributed by atoms with Crippen LogP contribution in [0.1, 0.15) is 32.8 Å². The summed E-state index contributed by atoms with van der Waals surface area (Å²) < 4.78 is 5.06. The van der Waals surface area contributed by atoms with Gasteiger partial charge >= 0.3 is 0 Å². The number of rotatable bonds is 9. The largest absolute Gasteiger partial charge is 0.383 e. The second-order valence-corrected chi connectivity index (χ2v) is 5.67. The number of nitrogens with one attached hydrogen (secondary N) is 1. The molecule has 20 heavy (non-hydrogen) atoms. The number of hydrogen-bond acceptors (Lipinski definition) is 3. The summed E-state index contributed by atoms with van der Waals surface area (Å²) >= 11 is 6.18. The van der Waals surface area contributed by atoms with E-state index < -0.39 is 0 Å². The van der Waals surface area contributed by atoms with Crippen LogP contribution in [0.25, 0.3) is 0 Å². The highest BCUT2D eigenvalue weighted by atomic mass is 35.5. The third kappa shape index (κ3) is 5.31. The van der Waals surface area contributed by atoms with Crippen LogP contribution in [0.5, 0.6) is 0 Å². The van der Waals surface area contributed by atoms with Crippen LogP contribution in [0.4, 0.5) is 5.69 Å². The van der Waals surface area contributed by atoms with E-state index >= 15 is 0 Å². The van der Waals surface area contributed by atoms with Gasteiger partial charge in [0.25, 0.3) is 0 Å². The van der Waals surface area contributed by atoms with Crippen molar-refractivity contribution in [3.63, 3.8) is 0 Å². The van der Waals surface area contributed by atoms with E-state index in [1.165, 1.54) is 11.3 Å². The monoisotopic (exact) mass is 298 g/mol. The van der Waals surface area contributed by atoms with Crippen molar-refractivity contribution < 1.29 is 4.74 Å². The van der Waals surface area contributed by atoms with Crippen LogP contribution < -0.4 is 10.2 Å². The Hall–Kier alpha value is -0.770. The van der Waals surface area contributed by atoms with Gasteiger partial charge in [-0.3, -0.25) is 0 Å². The van der Waals surface area contributed by atoms with Crippen molar-refractivity contribution in [1.82, 2.24) is 5.32 Å². The van der Waals surface area contributed by atoms with Crippen LogP contribution in [-0.2, 0) is 11.3 Å². The van der Waals surface area contributed by atoms with Crippen molar-refractivity contribution in [2.24, 2.45) is 0 Å². The van der Waals surface area contributed by atoms with Gasteiger partial charge in [-0.05, 0) is 38.0 Å². The number of nitrogens with zero attached hydrogens (tertiary/aromatic N) is 1. The van der Waals surface area contributed by atoms with Gasteiger partial charge in [0, 0.05) is 43.5 Å². The fraction of sp³-hybridized carbons (Fsp3) is 0.625. The quantitative estimate of drug-likeness (QED) is 0.704. The molecule has 1 rings (SSSR count). The van der Waals surface area contributed by atoms with Crippen LogP contribution in [0, 0.1) is 0 Å². The first-order valence-electron chi connectivity index (χ1n) is 7.34. The Morgan fingerprint density at radius 2 is 2.10 bits per heavy atom. The highest BCUT2D eigenvalue weighted by Crippen LogP contribution is 2.27. The minimum absolute atomic E-state index is 0.464. The second-order valence-electron chi connectivity index (χ2n) is 5.23. The second kappa shape index (κ2) is 9.22. The molecule has 0 heterocycles. The first kappa shape index (κ1) is 17.3. The molecule has 0 atom stereocenters. The van der Waals surface area contributed by atoms with E-state index in [0.717, 1.165) is 37.7 Å². The maximum Gasteiger partial charge on any atom is 0.0587 e. The molecule has 1 aromatic rings. The van der Waals surface area contributed by atoms with Crippen LogP contribution in [0.2, 0.25) is 5.02 Å². The van der Waals surface area contributed by atoms with Gasteiger partial charge in [0.2, 0.25) is 0 Å². The zero-order valence-corrected chi connectivity index (χ0v) is 13.8. The predicted molar refractivity (Wildman–Crippen MR) is 87.8 cm³/mol. The van der Waals surface area contributed by atoms with E-state index in [0.29, 0.717) is 6.04 Å². The normalized spacial score (nSPS) is 11.1. The Balaban J connectivity index is 2.87. The topological polar surface area (TPSA) is 24.5 Å². The first-order chi connectivity index (χ1) is 9.60. The molecule has 0 saturated heterocycles. The standard InChI is InChI=1S/C16H27ClN2O/c1-5-9-19(13(2)3)16-11-15(17)7-6-14(16)12-18-8-10-20-4/h6-7,11,13,18H,5,8-10,12H2,1-4H3. The molecule has 0 aliphatic heterocycles. The van der Waals surface area contributed by atoms with E-state index in [1.54, 1.807) is 7.11 Å². The molecule has 0 amide bonds. The third-order valence-corrected chi connectivity index (χ3v) is 3.48. The van der Waals surface area contributed by atoms with Gasteiger partial charge < -0.3 is 15.0 Å². The smallest absolute Gasteiger partial charge is 0.0587 e. The molecule has 0 fully saturated rings. The van der Waals surface area contributed by atoms with E-state index in [1.807, 2.05) is 6.07 Å². The Bertz CT molecular complexity index is 396. The van der Waals surface area contributed by atoms with Crippen molar-refractivity contribution >= 4 is 17.3 Å². The summed E-state index contributed by atoms with van der Waals surface area (Å²) in [6.07, 6.45) is 1.13. The highest BCUT2D eigenvalue weighted by Gasteiger charge is 2.14. The van der Waals surface area contributed by atoms with Gasteiger partial charge in [-0.25, -0.2) is 0 Å². The molecular formula is C16H27ClN2O. The molecule has 0 aliphatic rings. The zero-order valence-electron chi connectivity index (χ0n) is 13.1. The van der Waals surface area contributed by atoms with Crippen LogP contribution in [0.15, 0.2) is 18.2 Å². The lowest BCUT2D eigenvalue weighted by Gasteiger charge is -2.31. The molecule has 0 unspecified atom stereocenters. The summed E-state index contributed by atoms with van der Waals surface area (Å²) in [5, 5.41) is 4.20. The summed E-state index contributed by atoms with van der Waals surface area (Å²) in [5.41, 5.74) is 2.52. The molecule has 4 heteroatoms. The minimum atomic E-state index is 0.464. The van der Waals surface area contributed by atoms with Crippen molar-refractivity contribution in [1.29, 1.82) is 0 Å². The minimum Gasteiger partial charge on any atom is -0.383 e. The van der Waals surface area contributed by atoms with E-state index in [9.17, 15) is 0 Å². The van der Waals surface area contributed by atoms with Gasteiger partial charge in [-0.1, -0.05) is 24.6 Å². The molecule has 114 valence electrons. The third-order valence-electron chi connectivity index (χ3n) is 3.24. The molecule has 0 spiro atoms. The summed E-state index contributed by atoms with van der Waals surface area (Å²) in [6, 6.07) is 6.61. The molecular weight excluding hydrogens is 272 g/mol. The van der Waals surface area contributed by atoms with Gasteiger partial charge in [-0.15, -0.1) is 0 Å². The fourth-order valence-electron chi connectivity index (χ4n) is 2.25. The molecule has 0 saturated carbocycles. The van der Waals surface area contributed by atoms with E-state index in [-0.39, 0.29) is 0 Å². The molecule has 1 aromatic carbocycles. The van der Waals surface area contributed by atoms with Crippen molar-refractivity contribution in [3.05, 3.63) is 28.8 Å². The van der Waals surface area contributed by atoms with Crippen molar-refractivity contribution in [2.45, 2.75) is 39.8 Å². The average Bonchev–Trinajstić information content (AvgIpc) is 2.42. The van der Waals surface area contributed by atoms with Crippen LogP contribution >= 0.6 is 11.6 Å². The summed E-state index contributed by atoms with van der Waals surface area (Å²) in [5.74, 6) is 0. The summed E-state index contributed by atoms with van der Waals surface area (Å²) in [7, 11) is 1.72. The van der Waals surface area contributed by atoms with Gasteiger partial charge in [0.05, 0.1) is 6.61 Å². The highest BCUT2D eigenvalue weighted by molar-refractivity contribution is 6.30. The van der Waals surface area contributed by atoms with Gasteiger partial charge in [-0.2, -0.15) is 0 Å². The molecule has 3 nitrogen and oxygen atoms in total. The SMILES string of the molecule is CCCN(c1cc(Cl)ccc1CNCCOC)C(C)C. The van der Waals surface area contributed by atoms with E-state index in [4.69, 9.17) is 16.3 Å². The molecule has 0 bridgehead atoms. The van der Waals surface area contributed by atoms with Gasteiger partial charge in [0.1, 0.15) is 0 Å². The lowest BCUT2D eigenvalue weighted by molar-refractivity contribution is 0.199. The molecule has 0 aromatic heterocycles. The maximum absolute atomic E-state index is 6.18. The zero-order chi connectivity index (χ0) is 15.0. The number of halogens is 1. The lowest BCUT2D eigenvalue weighted by atomic mass is 10.1. The summed E-state index contributed by atoms with van der Waals surface area (Å²) in [6.45, 7) is 10.1. The fourth-order valence-corrected chi connectivity index (χ4v) is 2.42. The Labute approximate surface area is 128 Å². The van der Waals surface area contributed by atoms with Crippen molar-refractivity contribution in [2.75, 3.05) is 31.7 Å². The van der Waals surface area contributed by atoms with Crippen molar-refractivity contribution in [3.8, 4) is 0 Å². The molecule has 1 N–H and O–H groups in total.